The molecule has 2 N–H and O–H groups in total. The van der Waals surface area contributed by atoms with E-state index in [-0.39, 0.29) is 0 Å². The lowest BCUT2D eigenvalue weighted by Gasteiger charge is -2.18. The topological polar surface area (TPSA) is 40.5 Å². The molecule has 2 atom stereocenters. The van der Waals surface area contributed by atoms with Gasteiger partial charge in [0.1, 0.15) is 6.10 Å². The van der Waals surface area contributed by atoms with Gasteiger partial charge in [-0.2, -0.15) is 0 Å². The van der Waals surface area contributed by atoms with Gasteiger partial charge in [-0.3, -0.25) is 0 Å². The van der Waals surface area contributed by atoms with Crippen LogP contribution in [-0.2, 0) is 6.42 Å². The monoisotopic (exact) mass is 242 g/mol. The molecule has 2 nitrogen and oxygen atoms in total. The largest absolute Gasteiger partial charge is 0.390 e. The molecule has 0 aromatic heterocycles. The lowest BCUT2D eigenvalue weighted by Crippen LogP contribution is -2.20. The van der Waals surface area contributed by atoms with E-state index in [4.69, 9.17) is 0 Å². The van der Waals surface area contributed by atoms with Crippen molar-refractivity contribution in [3.05, 3.63) is 71.3 Å². The van der Waals surface area contributed by atoms with E-state index in [1.165, 1.54) is 0 Å². The zero-order valence-electron chi connectivity index (χ0n) is 10.5. The molecule has 2 heteroatoms. The second-order valence-electron chi connectivity index (χ2n) is 4.62. The Morgan fingerprint density at radius 3 is 2.33 bits per heavy atom. The highest BCUT2D eigenvalue weighted by Gasteiger charge is 2.18. The molecule has 94 valence electrons. The maximum atomic E-state index is 10.1. The van der Waals surface area contributed by atoms with E-state index in [1.54, 1.807) is 0 Å². The van der Waals surface area contributed by atoms with Crippen molar-refractivity contribution >= 4 is 0 Å². The van der Waals surface area contributed by atoms with E-state index in [0.29, 0.717) is 6.42 Å². The molecule has 0 aliphatic carbocycles. The van der Waals surface area contributed by atoms with Crippen LogP contribution in [0.25, 0.3) is 0 Å². The summed E-state index contributed by atoms with van der Waals surface area (Å²) < 4.78 is 0. The fourth-order valence-electron chi connectivity index (χ4n) is 2.06. The number of hydrogen-bond donors (Lipinski definition) is 2. The van der Waals surface area contributed by atoms with Crippen LogP contribution in [0.5, 0.6) is 0 Å². The molecule has 0 bridgehead atoms. The van der Waals surface area contributed by atoms with Crippen LogP contribution in [0.4, 0.5) is 0 Å². The van der Waals surface area contributed by atoms with Crippen molar-refractivity contribution in [3.63, 3.8) is 0 Å². The molecular formula is C16H18O2. The fourth-order valence-corrected chi connectivity index (χ4v) is 2.06. The van der Waals surface area contributed by atoms with E-state index in [1.807, 2.05) is 61.5 Å². The number of aliphatic hydroxyl groups excluding tert-OH is 2. The first-order chi connectivity index (χ1) is 8.66. The fraction of sp³-hybridized carbons (Fsp3) is 0.250. The zero-order chi connectivity index (χ0) is 13.0. The average Bonchev–Trinajstić information content (AvgIpc) is 2.39. The van der Waals surface area contributed by atoms with Gasteiger partial charge in [0.15, 0.2) is 0 Å². The van der Waals surface area contributed by atoms with Gasteiger partial charge in [0, 0.05) is 6.42 Å². The zero-order valence-corrected chi connectivity index (χ0v) is 10.5. The molecule has 2 unspecified atom stereocenters. The predicted molar refractivity (Wildman–Crippen MR) is 72.3 cm³/mol. The highest BCUT2D eigenvalue weighted by atomic mass is 16.3. The van der Waals surface area contributed by atoms with Gasteiger partial charge in [0.25, 0.3) is 0 Å². The summed E-state index contributed by atoms with van der Waals surface area (Å²) in [5.74, 6) is 0. The minimum Gasteiger partial charge on any atom is -0.390 e. The third-order valence-electron chi connectivity index (χ3n) is 3.03. The Kier molecular flexibility index (Phi) is 4.13. The molecule has 0 fully saturated rings. The Hall–Kier alpha value is -1.64. The molecule has 0 heterocycles. The summed E-state index contributed by atoms with van der Waals surface area (Å²) in [5, 5.41) is 20.1. The van der Waals surface area contributed by atoms with Crippen molar-refractivity contribution in [2.24, 2.45) is 0 Å². The van der Waals surface area contributed by atoms with Crippen molar-refractivity contribution in [3.8, 4) is 0 Å². The Balaban J connectivity index is 2.06. The number of benzene rings is 2. The van der Waals surface area contributed by atoms with Crippen molar-refractivity contribution in [1.82, 2.24) is 0 Å². The summed E-state index contributed by atoms with van der Waals surface area (Å²) >= 11 is 0. The van der Waals surface area contributed by atoms with Gasteiger partial charge >= 0.3 is 0 Å². The third kappa shape index (κ3) is 3.19. The quantitative estimate of drug-likeness (QED) is 0.865. The van der Waals surface area contributed by atoms with Gasteiger partial charge < -0.3 is 10.2 Å². The molecule has 0 spiro atoms. The number of hydrogen-bond acceptors (Lipinski definition) is 2. The molecule has 2 rings (SSSR count). The molecule has 0 radical (unpaired) electrons. The summed E-state index contributed by atoms with van der Waals surface area (Å²) in [5.41, 5.74) is 2.95. The predicted octanol–water partition coefficient (Wildman–Crippen LogP) is 2.63. The maximum absolute atomic E-state index is 10.1. The normalized spacial score (nSPS) is 14.2. The summed E-state index contributed by atoms with van der Waals surface area (Å²) in [6.45, 7) is 2.02. The van der Waals surface area contributed by atoms with Crippen LogP contribution < -0.4 is 0 Å². The van der Waals surface area contributed by atoms with Gasteiger partial charge in [-0.1, -0.05) is 60.2 Å². The SMILES string of the molecule is Cc1cccc(CC(O)C(O)c2ccccc2)c1. The van der Waals surface area contributed by atoms with Crippen LogP contribution in [0, 0.1) is 6.92 Å². The minimum absolute atomic E-state index is 0.456. The highest BCUT2D eigenvalue weighted by molar-refractivity contribution is 5.24. The highest BCUT2D eigenvalue weighted by Crippen LogP contribution is 2.19. The average molecular weight is 242 g/mol. The van der Waals surface area contributed by atoms with Gasteiger partial charge in [0.05, 0.1) is 6.10 Å². The summed E-state index contributed by atoms with van der Waals surface area (Å²) in [6.07, 6.45) is -1.17. The van der Waals surface area contributed by atoms with Crippen LogP contribution in [0.2, 0.25) is 0 Å². The van der Waals surface area contributed by atoms with Gasteiger partial charge in [0.2, 0.25) is 0 Å². The third-order valence-corrected chi connectivity index (χ3v) is 3.03. The first kappa shape index (κ1) is 12.8. The van der Waals surface area contributed by atoms with Gasteiger partial charge in [-0.15, -0.1) is 0 Å². The lowest BCUT2D eigenvalue weighted by molar-refractivity contribution is 0.0189. The molecule has 0 amide bonds. The van der Waals surface area contributed by atoms with Crippen LogP contribution in [0.1, 0.15) is 22.8 Å². The standard InChI is InChI=1S/C16H18O2/c1-12-6-5-7-13(10-12)11-15(17)16(18)14-8-3-2-4-9-14/h2-10,15-18H,11H2,1H3. The summed E-state index contributed by atoms with van der Waals surface area (Å²) in [6, 6.07) is 17.2. The molecular weight excluding hydrogens is 224 g/mol. The summed E-state index contributed by atoms with van der Waals surface area (Å²) in [4.78, 5) is 0. The smallest absolute Gasteiger partial charge is 0.105 e. The Morgan fingerprint density at radius 1 is 0.944 bits per heavy atom. The Morgan fingerprint density at radius 2 is 1.67 bits per heavy atom. The summed E-state index contributed by atoms with van der Waals surface area (Å²) in [7, 11) is 0. The molecule has 2 aromatic rings. The van der Waals surface area contributed by atoms with Crippen molar-refractivity contribution in [2.75, 3.05) is 0 Å². The van der Waals surface area contributed by atoms with Crippen molar-refractivity contribution < 1.29 is 10.2 Å². The lowest BCUT2D eigenvalue weighted by atomic mass is 9.98. The minimum atomic E-state index is -0.841. The van der Waals surface area contributed by atoms with Crippen LogP contribution >= 0.6 is 0 Å². The van der Waals surface area contributed by atoms with E-state index in [9.17, 15) is 10.2 Å². The number of aryl methyl sites for hydroxylation is 1. The van der Waals surface area contributed by atoms with Crippen LogP contribution in [0.3, 0.4) is 0 Å². The van der Waals surface area contributed by atoms with Gasteiger partial charge in [-0.25, -0.2) is 0 Å². The molecule has 0 aliphatic rings. The maximum Gasteiger partial charge on any atom is 0.105 e. The first-order valence-electron chi connectivity index (χ1n) is 6.13. The first-order valence-corrected chi connectivity index (χ1v) is 6.13. The van der Waals surface area contributed by atoms with Gasteiger partial charge in [-0.05, 0) is 18.1 Å². The number of aliphatic hydroxyl groups is 2. The molecule has 2 aromatic carbocycles. The molecule has 0 aliphatic heterocycles. The van der Waals surface area contributed by atoms with Crippen LogP contribution in [-0.4, -0.2) is 16.3 Å². The van der Waals surface area contributed by atoms with E-state index >= 15 is 0 Å². The Bertz CT molecular complexity index is 493. The van der Waals surface area contributed by atoms with E-state index in [2.05, 4.69) is 0 Å². The van der Waals surface area contributed by atoms with E-state index in [0.717, 1.165) is 16.7 Å². The van der Waals surface area contributed by atoms with Crippen molar-refractivity contribution in [1.29, 1.82) is 0 Å². The molecule has 0 saturated carbocycles. The number of rotatable bonds is 4. The van der Waals surface area contributed by atoms with Crippen molar-refractivity contribution in [2.45, 2.75) is 25.6 Å². The Labute approximate surface area is 108 Å². The van der Waals surface area contributed by atoms with E-state index < -0.39 is 12.2 Å². The van der Waals surface area contributed by atoms with Crippen LogP contribution in [0.15, 0.2) is 54.6 Å². The molecule has 18 heavy (non-hydrogen) atoms. The second kappa shape index (κ2) is 5.80. The molecule has 0 saturated heterocycles. The second-order valence-corrected chi connectivity index (χ2v) is 4.62.